The van der Waals surface area contributed by atoms with Crippen LogP contribution in [0, 0.1) is 0 Å². The minimum Gasteiger partial charge on any atom is -0.493 e. The van der Waals surface area contributed by atoms with Crippen LogP contribution in [-0.4, -0.2) is 25.7 Å². The molecule has 1 aliphatic carbocycles. The highest BCUT2D eigenvalue weighted by atomic mass is 16.5. The van der Waals surface area contributed by atoms with Gasteiger partial charge in [0, 0.05) is 0 Å². The van der Waals surface area contributed by atoms with Crippen molar-refractivity contribution in [1.82, 2.24) is 5.32 Å². The summed E-state index contributed by atoms with van der Waals surface area (Å²) in [4.78, 5) is 11.8. The Morgan fingerprint density at radius 3 is 2.48 bits per heavy atom. The van der Waals surface area contributed by atoms with E-state index in [1.807, 2.05) is 36.4 Å². The van der Waals surface area contributed by atoms with Crippen molar-refractivity contribution in [2.45, 2.75) is 32.1 Å². The van der Waals surface area contributed by atoms with Crippen LogP contribution in [0.15, 0.2) is 48.5 Å². The predicted octanol–water partition coefficient (Wildman–Crippen LogP) is 3.53. The summed E-state index contributed by atoms with van der Waals surface area (Å²) >= 11 is 0. The number of amides is 1. The van der Waals surface area contributed by atoms with Gasteiger partial charge in [0.1, 0.15) is 18.1 Å². The highest BCUT2D eigenvalue weighted by Gasteiger charge is 2.09. The van der Waals surface area contributed by atoms with E-state index in [0.717, 1.165) is 17.9 Å². The average molecular weight is 339 g/mol. The van der Waals surface area contributed by atoms with Gasteiger partial charge in [0.05, 0.1) is 19.6 Å². The third-order valence-electron chi connectivity index (χ3n) is 4.35. The Morgan fingerprint density at radius 1 is 0.880 bits per heavy atom. The van der Waals surface area contributed by atoms with Gasteiger partial charge in [0.25, 0.3) is 0 Å². The minimum absolute atomic E-state index is 0.0232. The summed E-state index contributed by atoms with van der Waals surface area (Å²) in [7, 11) is 0. The van der Waals surface area contributed by atoms with Crippen molar-refractivity contribution < 1.29 is 14.3 Å². The van der Waals surface area contributed by atoms with Crippen LogP contribution < -0.4 is 14.8 Å². The van der Waals surface area contributed by atoms with Gasteiger partial charge in [-0.1, -0.05) is 24.3 Å². The fourth-order valence-electron chi connectivity index (χ4n) is 3.03. The summed E-state index contributed by atoms with van der Waals surface area (Å²) < 4.78 is 11.3. The van der Waals surface area contributed by atoms with Gasteiger partial charge in [-0.15, -0.1) is 0 Å². The standard InChI is InChI=1S/C21H25NO3/c23-21(12-14-24-19-8-2-1-3-9-19)22-13-15-25-20-11-10-17-6-4-5-7-18(17)16-20/h1-3,8-11,16H,4-7,12-15H2,(H,22,23). The van der Waals surface area contributed by atoms with Crippen molar-refractivity contribution in [1.29, 1.82) is 0 Å². The second-order valence-corrected chi connectivity index (χ2v) is 6.25. The average Bonchev–Trinajstić information content (AvgIpc) is 2.66. The number of nitrogens with one attached hydrogen (secondary N) is 1. The van der Waals surface area contributed by atoms with Gasteiger partial charge in [0.2, 0.25) is 5.91 Å². The Bertz CT molecular complexity index is 685. The van der Waals surface area contributed by atoms with Crippen LogP contribution >= 0.6 is 0 Å². The molecule has 0 saturated heterocycles. The van der Waals surface area contributed by atoms with Crippen molar-refractivity contribution in [3.05, 3.63) is 59.7 Å². The summed E-state index contributed by atoms with van der Waals surface area (Å²) in [6.07, 6.45) is 5.21. The summed E-state index contributed by atoms with van der Waals surface area (Å²) in [5.41, 5.74) is 2.86. The van der Waals surface area contributed by atoms with E-state index in [2.05, 4.69) is 17.4 Å². The first-order valence-electron chi connectivity index (χ1n) is 9.00. The molecule has 0 aliphatic heterocycles. The number of hydrogen-bond donors (Lipinski definition) is 1. The summed E-state index contributed by atoms with van der Waals surface area (Å²) in [6.45, 7) is 1.35. The lowest BCUT2D eigenvalue weighted by molar-refractivity contribution is -0.121. The summed E-state index contributed by atoms with van der Waals surface area (Å²) in [5, 5.41) is 2.86. The topological polar surface area (TPSA) is 47.6 Å². The molecule has 0 bridgehead atoms. The largest absolute Gasteiger partial charge is 0.493 e. The van der Waals surface area contributed by atoms with E-state index in [0.29, 0.717) is 26.2 Å². The van der Waals surface area contributed by atoms with E-state index >= 15 is 0 Å². The zero-order valence-corrected chi connectivity index (χ0v) is 14.5. The van der Waals surface area contributed by atoms with Crippen LogP contribution in [0.2, 0.25) is 0 Å². The van der Waals surface area contributed by atoms with Gasteiger partial charge in [-0.2, -0.15) is 0 Å². The van der Waals surface area contributed by atoms with Gasteiger partial charge in [-0.05, 0) is 61.1 Å². The predicted molar refractivity (Wildman–Crippen MR) is 98.1 cm³/mol. The number of carbonyl (C=O) groups is 1. The van der Waals surface area contributed by atoms with E-state index in [4.69, 9.17) is 9.47 Å². The van der Waals surface area contributed by atoms with Gasteiger partial charge in [-0.3, -0.25) is 4.79 Å². The van der Waals surface area contributed by atoms with Gasteiger partial charge in [-0.25, -0.2) is 0 Å². The number of ether oxygens (including phenoxy) is 2. The lowest BCUT2D eigenvalue weighted by Crippen LogP contribution is -2.29. The minimum atomic E-state index is -0.0232. The molecule has 132 valence electrons. The highest BCUT2D eigenvalue weighted by molar-refractivity contribution is 5.75. The van der Waals surface area contributed by atoms with E-state index < -0.39 is 0 Å². The van der Waals surface area contributed by atoms with E-state index in [9.17, 15) is 4.79 Å². The number of fused-ring (bicyclic) bond motifs is 1. The quantitative estimate of drug-likeness (QED) is 0.749. The second-order valence-electron chi connectivity index (χ2n) is 6.25. The third kappa shape index (κ3) is 5.52. The maximum atomic E-state index is 11.8. The Hall–Kier alpha value is -2.49. The van der Waals surface area contributed by atoms with Crippen molar-refractivity contribution in [3.8, 4) is 11.5 Å². The van der Waals surface area contributed by atoms with Crippen molar-refractivity contribution in [3.63, 3.8) is 0 Å². The lowest BCUT2D eigenvalue weighted by atomic mass is 9.92. The number of hydrogen-bond acceptors (Lipinski definition) is 3. The van der Waals surface area contributed by atoms with Gasteiger partial charge >= 0.3 is 0 Å². The molecular weight excluding hydrogens is 314 g/mol. The molecule has 2 aromatic carbocycles. The Morgan fingerprint density at radius 2 is 1.64 bits per heavy atom. The molecule has 0 heterocycles. The molecule has 1 N–H and O–H groups in total. The Labute approximate surface area is 149 Å². The molecule has 25 heavy (non-hydrogen) atoms. The van der Waals surface area contributed by atoms with Crippen LogP contribution in [0.5, 0.6) is 11.5 Å². The summed E-state index contributed by atoms with van der Waals surface area (Å²) in [6, 6.07) is 15.9. The molecule has 2 aromatic rings. The number of aryl methyl sites for hydroxylation is 2. The molecule has 0 aromatic heterocycles. The summed E-state index contributed by atoms with van der Waals surface area (Å²) in [5.74, 6) is 1.65. The molecule has 0 fully saturated rings. The van der Waals surface area contributed by atoms with E-state index in [-0.39, 0.29) is 5.91 Å². The van der Waals surface area contributed by atoms with Crippen LogP contribution in [0.1, 0.15) is 30.4 Å². The van der Waals surface area contributed by atoms with Gasteiger partial charge < -0.3 is 14.8 Å². The first-order chi connectivity index (χ1) is 12.3. The molecule has 4 heteroatoms. The maximum Gasteiger partial charge on any atom is 0.223 e. The van der Waals surface area contributed by atoms with Crippen molar-refractivity contribution in [2.75, 3.05) is 19.8 Å². The van der Waals surface area contributed by atoms with Crippen LogP contribution in [0.4, 0.5) is 0 Å². The molecule has 3 rings (SSSR count). The SMILES string of the molecule is O=C(CCOc1ccccc1)NCCOc1ccc2c(c1)CCCC2. The second kappa shape index (κ2) is 9.11. The van der Waals surface area contributed by atoms with Crippen LogP contribution in [-0.2, 0) is 17.6 Å². The fourth-order valence-corrected chi connectivity index (χ4v) is 3.03. The zero-order valence-electron chi connectivity index (χ0n) is 14.5. The number of para-hydroxylation sites is 1. The molecular formula is C21H25NO3. The Kier molecular flexibility index (Phi) is 6.32. The maximum absolute atomic E-state index is 11.8. The lowest BCUT2D eigenvalue weighted by Gasteiger charge is -2.17. The van der Waals surface area contributed by atoms with Crippen molar-refractivity contribution >= 4 is 5.91 Å². The van der Waals surface area contributed by atoms with Crippen molar-refractivity contribution in [2.24, 2.45) is 0 Å². The zero-order chi connectivity index (χ0) is 17.3. The molecule has 0 unspecified atom stereocenters. The normalized spacial score (nSPS) is 13.0. The van der Waals surface area contributed by atoms with E-state index in [1.165, 1.54) is 30.4 Å². The smallest absolute Gasteiger partial charge is 0.223 e. The molecule has 0 radical (unpaired) electrons. The molecule has 0 spiro atoms. The molecule has 1 aliphatic rings. The monoisotopic (exact) mass is 339 g/mol. The molecule has 1 amide bonds. The number of benzene rings is 2. The van der Waals surface area contributed by atoms with E-state index in [1.54, 1.807) is 0 Å². The highest BCUT2D eigenvalue weighted by Crippen LogP contribution is 2.25. The third-order valence-corrected chi connectivity index (χ3v) is 4.35. The van der Waals surface area contributed by atoms with Gasteiger partial charge in [0.15, 0.2) is 0 Å². The van der Waals surface area contributed by atoms with Crippen LogP contribution in [0.3, 0.4) is 0 Å². The number of rotatable bonds is 8. The van der Waals surface area contributed by atoms with Crippen LogP contribution in [0.25, 0.3) is 0 Å². The first-order valence-corrected chi connectivity index (χ1v) is 9.00. The molecule has 0 atom stereocenters. The fraction of sp³-hybridized carbons (Fsp3) is 0.381. The number of carbonyl (C=O) groups excluding carboxylic acids is 1. The Balaban J connectivity index is 1.31. The first kappa shape index (κ1) is 17.3. The molecule has 0 saturated carbocycles. The molecule has 4 nitrogen and oxygen atoms in total.